The average molecular weight is 332 g/mol. The van der Waals surface area contributed by atoms with Crippen molar-refractivity contribution in [3.05, 3.63) is 12.2 Å². The van der Waals surface area contributed by atoms with Crippen molar-refractivity contribution in [2.45, 2.75) is 45.3 Å². The number of fused-ring (bicyclic) bond motifs is 2. The van der Waals surface area contributed by atoms with E-state index in [-0.39, 0.29) is 16.9 Å². The third kappa shape index (κ3) is 3.56. The molecule has 2 aliphatic carbocycles. The van der Waals surface area contributed by atoms with E-state index < -0.39 is 42.1 Å². The molecule has 0 heterocycles. The van der Waals surface area contributed by atoms with Crippen LogP contribution in [0.5, 0.6) is 0 Å². The lowest BCUT2D eigenvalue weighted by Crippen LogP contribution is -2.44. The molecule has 2 fully saturated rings. The summed E-state index contributed by atoms with van der Waals surface area (Å²) in [6.45, 7) is 6.34. The van der Waals surface area contributed by atoms with Crippen LogP contribution in [0.4, 0.5) is 0 Å². The minimum Gasteiger partial charge on any atom is -0.456 e. The van der Waals surface area contributed by atoms with E-state index in [1.54, 1.807) is 0 Å². The molecule has 22 heavy (non-hydrogen) atoms. The highest BCUT2D eigenvalue weighted by molar-refractivity contribution is 7.74. The van der Waals surface area contributed by atoms with Gasteiger partial charge in [0.05, 0.1) is 0 Å². The quantitative estimate of drug-likeness (QED) is 0.445. The third-order valence-electron chi connectivity index (χ3n) is 4.39. The van der Waals surface area contributed by atoms with Crippen molar-refractivity contribution in [1.82, 2.24) is 0 Å². The van der Waals surface area contributed by atoms with Gasteiger partial charge in [-0.25, -0.2) is 9.59 Å². The summed E-state index contributed by atoms with van der Waals surface area (Å²) in [7, 11) is 0. The number of ether oxygens (including phenoxy) is 2. The summed E-state index contributed by atoms with van der Waals surface area (Å²) in [5.74, 6) is -1.28. The summed E-state index contributed by atoms with van der Waals surface area (Å²) in [6, 6.07) is 0. The molecule has 8 heteroatoms. The molecule has 2 bridgehead atoms. The fraction of sp³-hybridized carbons (Fsp3) is 0.714. The Bertz CT molecular complexity index is 517. The van der Waals surface area contributed by atoms with Gasteiger partial charge in [-0.2, -0.15) is 4.21 Å². The molecule has 0 aliphatic heterocycles. The van der Waals surface area contributed by atoms with Crippen LogP contribution in [-0.4, -0.2) is 39.5 Å². The van der Waals surface area contributed by atoms with Gasteiger partial charge in [-0.3, -0.25) is 8.74 Å². The Morgan fingerprint density at radius 1 is 1.45 bits per heavy atom. The normalized spacial score (nSPS) is 34.2. The van der Waals surface area contributed by atoms with Crippen LogP contribution in [-0.2, 0) is 34.6 Å². The van der Waals surface area contributed by atoms with E-state index in [9.17, 15) is 13.8 Å². The van der Waals surface area contributed by atoms with Crippen molar-refractivity contribution in [2.24, 2.45) is 11.3 Å². The number of rotatable bonds is 6. The van der Waals surface area contributed by atoms with Crippen molar-refractivity contribution in [2.75, 3.05) is 6.61 Å². The molecule has 2 aliphatic rings. The Morgan fingerprint density at radius 2 is 2.14 bits per heavy atom. The van der Waals surface area contributed by atoms with Crippen LogP contribution in [0, 0.1) is 11.3 Å². The van der Waals surface area contributed by atoms with Gasteiger partial charge in [0, 0.05) is 11.0 Å². The van der Waals surface area contributed by atoms with Gasteiger partial charge in [0.1, 0.15) is 12.2 Å². The zero-order valence-corrected chi connectivity index (χ0v) is 13.4. The van der Waals surface area contributed by atoms with E-state index in [0.717, 1.165) is 19.3 Å². The maximum absolute atomic E-state index is 11.9. The summed E-state index contributed by atoms with van der Waals surface area (Å²) >= 11 is -2.42. The third-order valence-corrected chi connectivity index (χ3v) is 4.77. The van der Waals surface area contributed by atoms with Crippen molar-refractivity contribution >= 4 is 23.3 Å². The van der Waals surface area contributed by atoms with Crippen LogP contribution in [0.1, 0.15) is 33.1 Å². The fourth-order valence-electron chi connectivity index (χ4n) is 3.36. The number of hydrogen-bond acceptors (Lipinski definition) is 6. The van der Waals surface area contributed by atoms with Gasteiger partial charge in [-0.1, -0.05) is 13.5 Å². The lowest BCUT2D eigenvalue weighted by molar-refractivity contribution is -0.170. The number of hydrogen-bond donors (Lipinski definition) is 1. The van der Waals surface area contributed by atoms with Gasteiger partial charge in [0.15, 0.2) is 6.61 Å². The molecule has 5 unspecified atom stereocenters. The van der Waals surface area contributed by atoms with Gasteiger partial charge in [-0.15, -0.1) is 0 Å². The maximum Gasteiger partial charge on any atom is 0.344 e. The molecule has 124 valence electrons. The van der Waals surface area contributed by atoms with Crippen LogP contribution in [0.3, 0.4) is 0 Å². The first-order chi connectivity index (χ1) is 10.2. The van der Waals surface area contributed by atoms with Crippen LogP contribution in [0.15, 0.2) is 12.2 Å². The summed E-state index contributed by atoms with van der Waals surface area (Å²) in [6.07, 6.45) is 1.29. The molecule has 1 N–H and O–H groups in total. The second-order valence-electron chi connectivity index (χ2n) is 6.20. The summed E-state index contributed by atoms with van der Waals surface area (Å²) < 4.78 is 35.0. The monoisotopic (exact) mass is 332 g/mol. The highest BCUT2D eigenvalue weighted by Gasteiger charge is 2.58. The molecule has 0 aromatic heterocycles. The zero-order chi connectivity index (χ0) is 16.5. The Balaban J connectivity index is 1.97. The highest BCUT2D eigenvalue weighted by Crippen LogP contribution is 2.56. The first-order valence-electron chi connectivity index (χ1n) is 7.03. The van der Waals surface area contributed by atoms with Gasteiger partial charge in [-0.05, 0) is 32.1 Å². The first-order valence-corrected chi connectivity index (χ1v) is 8.06. The van der Waals surface area contributed by atoms with Crippen molar-refractivity contribution in [3.8, 4) is 0 Å². The molecule has 5 atom stereocenters. The lowest BCUT2D eigenvalue weighted by atomic mass is 9.82. The number of esters is 2. The fourth-order valence-corrected chi connectivity index (χ4v) is 3.81. The summed E-state index contributed by atoms with van der Waals surface area (Å²) in [5.41, 5.74) is -0.0838. The largest absolute Gasteiger partial charge is 0.456 e. The molecule has 0 aromatic carbocycles. The molecule has 7 nitrogen and oxygen atoms in total. The Labute approximate surface area is 131 Å². The Kier molecular flexibility index (Phi) is 5.03. The SMILES string of the molecule is C=C(C)C(=O)OCC(=O)OC1C(OS(=O)O)C2CCC1(C)C2. The average Bonchev–Trinajstić information content (AvgIpc) is 2.92. The Morgan fingerprint density at radius 3 is 2.73 bits per heavy atom. The van der Waals surface area contributed by atoms with Crippen LogP contribution in [0.25, 0.3) is 0 Å². The topological polar surface area (TPSA) is 99.1 Å². The lowest BCUT2D eigenvalue weighted by Gasteiger charge is -2.35. The summed E-state index contributed by atoms with van der Waals surface area (Å²) in [5, 5.41) is 0. The molecular formula is C14H20O7S. The van der Waals surface area contributed by atoms with Crippen molar-refractivity contribution in [1.29, 1.82) is 0 Å². The van der Waals surface area contributed by atoms with Gasteiger partial charge < -0.3 is 9.47 Å². The second kappa shape index (κ2) is 6.47. The van der Waals surface area contributed by atoms with Crippen LogP contribution >= 0.6 is 0 Å². The van der Waals surface area contributed by atoms with Crippen molar-refractivity contribution < 1.29 is 32.0 Å². The molecule has 0 radical (unpaired) electrons. The zero-order valence-electron chi connectivity index (χ0n) is 12.6. The van der Waals surface area contributed by atoms with Crippen LogP contribution < -0.4 is 0 Å². The van der Waals surface area contributed by atoms with E-state index in [2.05, 4.69) is 6.58 Å². The smallest absolute Gasteiger partial charge is 0.344 e. The molecule has 2 saturated carbocycles. The number of carbonyl (C=O) groups is 2. The predicted octanol–water partition coefficient (Wildman–Crippen LogP) is 1.36. The Hall–Kier alpha value is -1.25. The minimum absolute atomic E-state index is 0.0943. The molecule has 2 rings (SSSR count). The van der Waals surface area contributed by atoms with Crippen molar-refractivity contribution in [3.63, 3.8) is 0 Å². The van der Waals surface area contributed by atoms with E-state index >= 15 is 0 Å². The standard InChI is InChI=1S/C14H20O7S/c1-8(2)13(16)19-7-10(15)20-12-11(21-22(17)18)9-4-5-14(12,3)6-9/h9,11-12H,1,4-7H2,2-3H3,(H,17,18). The molecule has 0 aromatic rings. The summed E-state index contributed by atoms with van der Waals surface area (Å²) in [4.78, 5) is 23.1. The van der Waals surface area contributed by atoms with Crippen LogP contribution in [0.2, 0.25) is 0 Å². The minimum atomic E-state index is -2.42. The highest BCUT2D eigenvalue weighted by atomic mass is 32.2. The molecular weight excluding hydrogens is 312 g/mol. The maximum atomic E-state index is 11.9. The molecule has 0 saturated heterocycles. The van der Waals surface area contributed by atoms with E-state index in [1.807, 2.05) is 6.92 Å². The van der Waals surface area contributed by atoms with Gasteiger partial charge in [0.25, 0.3) is 0 Å². The first kappa shape index (κ1) is 17.1. The molecule has 0 amide bonds. The second-order valence-corrected chi connectivity index (χ2v) is 6.83. The van der Waals surface area contributed by atoms with E-state index in [0.29, 0.717) is 0 Å². The van der Waals surface area contributed by atoms with Gasteiger partial charge >= 0.3 is 23.3 Å². The number of carbonyl (C=O) groups excluding carboxylic acids is 2. The van der Waals surface area contributed by atoms with E-state index in [4.69, 9.17) is 18.2 Å². The van der Waals surface area contributed by atoms with E-state index in [1.165, 1.54) is 6.92 Å². The van der Waals surface area contributed by atoms with Gasteiger partial charge in [0.2, 0.25) is 0 Å². The molecule has 0 spiro atoms. The predicted molar refractivity (Wildman–Crippen MR) is 76.7 cm³/mol.